The van der Waals surface area contributed by atoms with E-state index in [0.717, 1.165) is 36.3 Å². The Bertz CT molecular complexity index is 663. The molecule has 1 aliphatic rings. The van der Waals surface area contributed by atoms with Gasteiger partial charge in [0.2, 0.25) is 0 Å². The second kappa shape index (κ2) is 7.19. The molecular weight excluding hydrogens is 358 g/mol. The Morgan fingerprint density at radius 1 is 1.30 bits per heavy atom. The number of nitrogens with one attached hydrogen (secondary N) is 1. The minimum atomic E-state index is -0.0204. The molecule has 0 saturated carbocycles. The van der Waals surface area contributed by atoms with E-state index in [4.69, 9.17) is 4.74 Å². The monoisotopic (exact) mass is 377 g/mol. The van der Waals surface area contributed by atoms with Crippen LogP contribution in [0.2, 0.25) is 0 Å². The Kier molecular flexibility index (Phi) is 5.03. The van der Waals surface area contributed by atoms with Gasteiger partial charge in [-0.05, 0) is 39.7 Å². The lowest BCUT2D eigenvalue weighted by Crippen LogP contribution is -2.36. The molecule has 3 rings (SSSR count). The van der Waals surface area contributed by atoms with Crippen molar-refractivity contribution in [3.8, 4) is 0 Å². The highest BCUT2D eigenvalue weighted by Crippen LogP contribution is 2.18. The number of halogens is 1. The van der Waals surface area contributed by atoms with Crippen LogP contribution in [0, 0.1) is 0 Å². The molecule has 0 aliphatic carbocycles. The van der Waals surface area contributed by atoms with Gasteiger partial charge in [0, 0.05) is 43.0 Å². The number of amides is 1. The highest BCUT2D eigenvalue weighted by Gasteiger charge is 2.14. The lowest BCUT2D eigenvalue weighted by atomic mass is 10.1. The van der Waals surface area contributed by atoms with E-state index in [2.05, 4.69) is 50.1 Å². The average molecular weight is 378 g/mol. The number of anilines is 1. The second-order valence-electron chi connectivity index (χ2n) is 5.66. The van der Waals surface area contributed by atoms with Gasteiger partial charge in [0.25, 0.3) is 5.91 Å². The van der Waals surface area contributed by atoms with Gasteiger partial charge in [-0.15, -0.1) is 0 Å². The van der Waals surface area contributed by atoms with Crippen LogP contribution in [-0.4, -0.2) is 49.1 Å². The zero-order valence-electron chi connectivity index (χ0n) is 13.1. The zero-order chi connectivity index (χ0) is 16.2. The summed E-state index contributed by atoms with van der Waals surface area (Å²) in [5.74, 6) is -0.0204. The van der Waals surface area contributed by atoms with Crippen molar-refractivity contribution in [1.29, 1.82) is 0 Å². The van der Waals surface area contributed by atoms with Crippen molar-refractivity contribution in [2.45, 2.75) is 6.54 Å². The summed E-state index contributed by atoms with van der Waals surface area (Å²) >= 11 is 3.35. The maximum Gasteiger partial charge on any atom is 0.270 e. The summed E-state index contributed by atoms with van der Waals surface area (Å²) in [6.07, 6.45) is 1.76. The van der Waals surface area contributed by atoms with E-state index in [-0.39, 0.29) is 5.91 Å². The number of H-pyrrole nitrogens is 1. The first-order valence-electron chi connectivity index (χ1n) is 7.64. The Balaban J connectivity index is 1.62. The van der Waals surface area contributed by atoms with Gasteiger partial charge < -0.3 is 19.5 Å². The van der Waals surface area contributed by atoms with Crippen LogP contribution >= 0.6 is 15.9 Å². The first-order chi connectivity index (χ1) is 11.1. The number of aromatic nitrogens is 1. The number of ether oxygens (including phenoxy) is 1. The van der Waals surface area contributed by atoms with Crippen molar-refractivity contribution in [3.05, 3.63) is 52.3 Å². The summed E-state index contributed by atoms with van der Waals surface area (Å²) in [7, 11) is 1.81. The maximum atomic E-state index is 12.3. The van der Waals surface area contributed by atoms with Crippen LogP contribution in [0.15, 0.2) is 41.0 Å². The van der Waals surface area contributed by atoms with Crippen LogP contribution in [0.3, 0.4) is 0 Å². The summed E-state index contributed by atoms with van der Waals surface area (Å²) in [6, 6.07) is 10.2. The van der Waals surface area contributed by atoms with Crippen LogP contribution in [0.4, 0.5) is 5.69 Å². The minimum absolute atomic E-state index is 0.0204. The van der Waals surface area contributed by atoms with E-state index in [9.17, 15) is 4.79 Å². The number of aromatic amines is 1. The molecule has 23 heavy (non-hydrogen) atoms. The number of benzene rings is 1. The largest absolute Gasteiger partial charge is 0.378 e. The number of carbonyl (C=O) groups excluding carboxylic acids is 1. The van der Waals surface area contributed by atoms with Crippen molar-refractivity contribution in [2.24, 2.45) is 0 Å². The third-order valence-electron chi connectivity index (χ3n) is 3.96. The molecule has 1 fully saturated rings. The molecule has 0 radical (unpaired) electrons. The molecule has 6 heteroatoms. The van der Waals surface area contributed by atoms with Gasteiger partial charge in [0.05, 0.1) is 13.2 Å². The predicted molar refractivity (Wildman–Crippen MR) is 93.8 cm³/mol. The lowest BCUT2D eigenvalue weighted by molar-refractivity contribution is 0.0780. The van der Waals surface area contributed by atoms with Crippen LogP contribution in [0.5, 0.6) is 0 Å². The fourth-order valence-corrected chi connectivity index (χ4v) is 3.02. The Hall–Kier alpha value is -1.79. The topological polar surface area (TPSA) is 48.6 Å². The third kappa shape index (κ3) is 3.95. The van der Waals surface area contributed by atoms with E-state index in [0.29, 0.717) is 12.2 Å². The number of nitrogens with zero attached hydrogens (tertiary/aromatic N) is 2. The molecule has 0 spiro atoms. The molecule has 1 N–H and O–H groups in total. The van der Waals surface area contributed by atoms with E-state index < -0.39 is 0 Å². The molecule has 122 valence electrons. The number of hydrogen-bond acceptors (Lipinski definition) is 3. The van der Waals surface area contributed by atoms with Crippen molar-refractivity contribution < 1.29 is 9.53 Å². The van der Waals surface area contributed by atoms with Crippen molar-refractivity contribution >= 4 is 27.5 Å². The standard InChI is InChI=1S/C17H20BrN3O2/c1-20(17(22)16-10-14(18)11-19-16)12-13-2-4-15(5-3-13)21-6-8-23-9-7-21/h2-5,10-11,19H,6-9,12H2,1H3. The van der Waals surface area contributed by atoms with Crippen LogP contribution in [0.1, 0.15) is 16.1 Å². The summed E-state index contributed by atoms with van der Waals surface area (Å²) in [5.41, 5.74) is 2.91. The smallest absolute Gasteiger partial charge is 0.270 e. The predicted octanol–water partition coefficient (Wildman–Crippen LogP) is 2.89. The Morgan fingerprint density at radius 3 is 2.61 bits per heavy atom. The third-order valence-corrected chi connectivity index (χ3v) is 4.42. The Labute approximate surface area is 144 Å². The summed E-state index contributed by atoms with van der Waals surface area (Å²) in [6.45, 7) is 4.01. The molecule has 0 atom stereocenters. The molecule has 1 saturated heterocycles. The highest BCUT2D eigenvalue weighted by molar-refractivity contribution is 9.10. The zero-order valence-corrected chi connectivity index (χ0v) is 14.7. The fraction of sp³-hybridized carbons (Fsp3) is 0.353. The van der Waals surface area contributed by atoms with E-state index >= 15 is 0 Å². The van der Waals surface area contributed by atoms with Gasteiger partial charge in [0.15, 0.2) is 0 Å². The van der Waals surface area contributed by atoms with Gasteiger partial charge in [-0.25, -0.2) is 0 Å². The molecule has 0 bridgehead atoms. The first kappa shape index (κ1) is 16.1. The second-order valence-corrected chi connectivity index (χ2v) is 6.57. The van der Waals surface area contributed by atoms with Crippen LogP contribution in [0.25, 0.3) is 0 Å². The summed E-state index contributed by atoms with van der Waals surface area (Å²) in [5, 5.41) is 0. The van der Waals surface area contributed by atoms with Gasteiger partial charge in [-0.2, -0.15) is 0 Å². The molecule has 1 aromatic heterocycles. The number of hydrogen-bond donors (Lipinski definition) is 1. The number of morpholine rings is 1. The maximum absolute atomic E-state index is 12.3. The molecular formula is C17H20BrN3O2. The van der Waals surface area contributed by atoms with Crippen molar-refractivity contribution in [2.75, 3.05) is 38.3 Å². The quantitative estimate of drug-likeness (QED) is 0.890. The normalized spacial score (nSPS) is 14.8. The van der Waals surface area contributed by atoms with Gasteiger partial charge in [0.1, 0.15) is 5.69 Å². The number of carbonyl (C=O) groups is 1. The molecule has 5 nitrogen and oxygen atoms in total. The van der Waals surface area contributed by atoms with Crippen molar-refractivity contribution in [3.63, 3.8) is 0 Å². The Morgan fingerprint density at radius 2 is 2.00 bits per heavy atom. The van der Waals surface area contributed by atoms with E-state index in [1.165, 1.54) is 5.69 Å². The summed E-state index contributed by atoms with van der Waals surface area (Å²) in [4.78, 5) is 19.3. The first-order valence-corrected chi connectivity index (χ1v) is 8.44. The molecule has 2 aromatic rings. The van der Waals surface area contributed by atoms with Crippen LogP contribution < -0.4 is 4.90 Å². The van der Waals surface area contributed by atoms with E-state index in [1.54, 1.807) is 17.2 Å². The highest BCUT2D eigenvalue weighted by atomic mass is 79.9. The average Bonchev–Trinajstić information content (AvgIpc) is 3.02. The number of rotatable bonds is 4. The minimum Gasteiger partial charge on any atom is -0.378 e. The SMILES string of the molecule is CN(Cc1ccc(N2CCOCC2)cc1)C(=O)c1cc(Br)c[nH]1. The summed E-state index contributed by atoms with van der Waals surface area (Å²) < 4.78 is 6.25. The van der Waals surface area contributed by atoms with Gasteiger partial charge >= 0.3 is 0 Å². The lowest BCUT2D eigenvalue weighted by Gasteiger charge is -2.29. The molecule has 1 aromatic carbocycles. The molecule has 1 aliphatic heterocycles. The fourth-order valence-electron chi connectivity index (χ4n) is 2.68. The molecule has 2 heterocycles. The van der Waals surface area contributed by atoms with Crippen molar-refractivity contribution in [1.82, 2.24) is 9.88 Å². The van der Waals surface area contributed by atoms with E-state index in [1.807, 2.05) is 7.05 Å². The van der Waals surface area contributed by atoms with Gasteiger partial charge in [-0.1, -0.05) is 12.1 Å². The van der Waals surface area contributed by atoms with Crippen LogP contribution in [-0.2, 0) is 11.3 Å². The van der Waals surface area contributed by atoms with Gasteiger partial charge in [-0.3, -0.25) is 4.79 Å². The molecule has 1 amide bonds. The molecule has 0 unspecified atom stereocenters.